The molecular formula is C11H22NO2S. The van der Waals surface area contributed by atoms with E-state index in [1.54, 1.807) is 13.8 Å². The topological polar surface area (TPSA) is 48.2 Å². The second kappa shape index (κ2) is 5.85. The van der Waals surface area contributed by atoms with Gasteiger partial charge in [0.05, 0.1) is 5.25 Å². The average Bonchev–Trinajstić information content (AvgIpc) is 2.64. The first-order valence-electron chi connectivity index (χ1n) is 5.95. The molecule has 0 aliphatic heterocycles. The van der Waals surface area contributed by atoms with Gasteiger partial charge >= 0.3 is 0 Å². The first kappa shape index (κ1) is 13.0. The highest BCUT2D eigenvalue weighted by Crippen LogP contribution is 2.28. The van der Waals surface area contributed by atoms with Gasteiger partial charge in [-0.1, -0.05) is 25.7 Å². The van der Waals surface area contributed by atoms with Crippen LogP contribution in [0.4, 0.5) is 0 Å². The zero-order valence-corrected chi connectivity index (χ0v) is 10.6. The molecular weight excluding hydrogens is 210 g/mol. The first-order valence-corrected chi connectivity index (χ1v) is 7.45. The third-order valence-electron chi connectivity index (χ3n) is 3.11. The van der Waals surface area contributed by atoms with E-state index in [0.29, 0.717) is 6.54 Å². The molecule has 0 aromatic carbocycles. The van der Waals surface area contributed by atoms with Crippen molar-refractivity contribution in [3.05, 3.63) is 0 Å². The summed E-state index contributed by atoms with van der Waals surface area (Å²) < 4.78 is 26.5. The lowest BCUT2D eigenvalue weighted by molar-refractivity contribution is 0.479. The molecule has 89 valence electrons. The van der Waals surface area contributed by atoms with E-state index in [2.05, 4.69) is 4.72 Å². The van der Waals surface area contributed by atoms with Crippen LogP contribution in [0.2, 0.25) is 0 Å². The van der Waals surface area contributed by atoms with Crippen LogP contribution in [0.5, 0.6) is 0 Å². The summed E-state index contributed by atoms with van der Waals surface area (Å²) >= 11 is 0. The monoisotopic (exact) mass is 232 g/mol. The Bertz CT molecular complexity index is 266. The van der Waals surface area contributed by atoms with Gasteiger partial charge in [0.1, 0.15) is 0 Å². The van der Waals surface area contributed by atoms with Crippen molar-refractivity contribution in [2.45, 2.75) is 57.6 Å². The first-order chi connectivity index (χ1) is 7.02. The van der Waals surface area contributed by atoms with Gasteiger partial charge in [-0.25, -0.2) is 8.42 Å². The van der Waals surface area contributed by atoms with E-state index >= 15 is 0 Å². The Morgan fingerprint density at radius 3 is 2.40 bits per heavy atom. The smallest absolute Gasteiger partial charge is 0.211 e. The van der Waals surface area contributed by atoms with Crippen LogP contribution in [0.3, 0.4) is 0 Å². The molecule has 0 saturated heterocycles. The van der Waals surface area contributed by atoms with Gasteiger partial charge in [-0.05, 0) is 32.6 Å². The third kappa shape index (κ3) is 4.51. The van der Waals surface area contributed by atoms with Crippen LogP contribution in [-0.4, -0.2) is 20.2 Å². The molecule has 0 spiro atoms. The Hall–Kier alpha value is -0.0900. The van der Waals surface area contributed by atoms with Gasteiger partial charge in [0.2, 0.25) is 10.0 Å². The van der Waals surface area contributed by atoms with Crippen molar-refractivity contribution in [2.75, 3.05) is 6.54 Å². The maximum absolute atomic E-state index is 11.4. The van der Waals surface area contributed by atoms with Gasteiger partial charge in [0, 0.05) is 6.54 Å². The van der Waals surface area contributed by atoms with E-state index in [1.807, 2.05) is 0 Å². The molecule has 0 heterocycles. The van der Waals surface area contributed by atoms with Crippen molar-refractivity contribution in [3.8, 4) is 0 Å². The molecule has 4 heteroatoms. The number of sulfonamides is 1. The van der Waals surface area contributed by atoms with Gasteiger partial charge < -0.3 is 0 Å². The molecule has 0 atom stereocenters. The van der Waals surface area contributed by atoms with Crippen LogP contribution in [-0.2, 0) is 10.0 Å². The Morgan fingerprint density at radius 1 is 1.27 bits per heavy atom. The highest BCUT2D eigenvalue weighted by atomic mass is 32.2. The number of hydrogen-bond acceptors (Lipinski definition) is 2. The third-order valence-corrected chi connectivity index (χ3v) is 4.85. The maximum Gasteiger partial charge on any atom is 0.230 e. The van der Waals surface area contributed by atoms with Crippen LogP contribution in [0, 0.1) is 5.92 Å². The minimum atomic E-state index is -3.17. The molecule has 0 aromatic heterocycles. The summed E-state index contributed by atoms with van der Waals surface area (Å²) in [6, 6.07) is 0. The molecule has 1 fully saturated rings. The summed E-state index contributed by atoms with van der Waals surface area (Å²) in [4.78, 5) is 0. The Morgan fingerprint density at radius 2 is 1.87 bits per heavy atom. The zero-order valence-electron chi connectivity index (χ0n) is 9.78. The predicted molar refractivity (Wildman–Crippen MR) is 62.2 cm³/mol. The number of hydrogen-bond donors (Lipinski definition) is 0. The minimum absolute atomic E-state index is 0.371. The number of rotatable bonds is 6. The number of nitrogens with zero attached hydrogens (tertiary/aromatic N) is 1. The Balaban J connectivity index is 2.11. The second-order valence-corrected chi connectivity index (χ2v) is 6.94. The van der Waals surface area contributed by atoms with E-state index < -0.39 is 10.0 Å². The highest BCUT2D eigenvalue weighted by Gasteiger charge is 2.18. The summed E-state index contributed by atoms with van der Waals surface area (Å²) in [5.74, 6) is 0.835. The Labute approximate surface area is 93.7 Å². The van der Waals surface area contributed by atoms with Crippen molar-refractivity contribution in [2.24, 2.45) is 5.92 Å². The minimum Gasteiger partial charge on any atom is -0.211 e. The van der Waals surface area contributed by atoms with Crippen molar-refractivity contribution in [1.29, 1.82) is 0 Å². The van der Waals surface area contributed by atoms with E-state index in [9.17, 15) is 8.42 Å². The van der Waals surface area contributed by atoms with Crippen LogP contribution >= 0.6 is 0 Å². The SMILES string of the molecule is CC(C)S(=O)(=O)[N]CCCC1CCCC1. The van der Waals surface area contributed by atoms with Gasteiger partial charge in [-0.2, -0.15) is 0 Å². The average molecular weight is 232 g/mol. The molecule has 1 aliphatic carbocycles. The fourth-order valence-corrected chi connectivity index (χ4v) is 2.70. The van der Waals surface area contributed by atoms with Crippen LogP contribution < -0.4 is 4.72 Å². The van der Waals surface area contributed by atoms with Crippen molar-refractivity contribution < 1.29 is 8.42 Å². The standard InChI is InChI=1S/C11H22NO2S/c1-10(2)15(13,14)12-9-5-8-11-6-3-4-7-11/h10-11H,3-9H2,1-2H3. The lowest BCUT2D eigenvalue weighted by atomic mass is 10.0. The van der Waals surface area contributed by atoms with E-state index in [-0.39, 0.29) is 5.25 Å². The van der Waals surface area contributed by atoms with Crippen LogP contribution in [0.25, 0.3) is 0 Å². The van der Waals surface area contributed by atoms with Crippen molar-refractivity contribution in [3.63, 3.8) is 0 Å². The molecule has 1 rings (SSSR count). The van der Waals surface area contributed by atoms with Crippen LogP contribution in [0.15, 0.2) is 0 Å². The van der Waals surface area contributed by atoms with E-state index in [4.69, 9.17) is 0 Å². The molecule has 0 amide bonds. The van der Waals surface area contributed by atoms with Gasteiger partial charge in [-0.3, -0.25) is 0 Å². The Kier molecular flexibility index (Phi) is 5.06. The molecule has 15 heavy (non-hydrogen) atoms. The summed E-state index contributed by atoms with van der Waals surface area (Å²) in [6.45, 7) is 3.84. The predicted octanol–water partition coefficient (Wildman–Crippen LogP) is 2.30. The second-order valence-electron chi connectivity index (χ2n) is 4.71. The molecule has 1 aliphatic rings. The van der Waals surface area contributed by atoms with E-state index in [1.165, 1.54) is 25.7 Å². The quantitative estimate of drug-likeness (QED) is 0.660. The molecule has 0 aromatic rings. The lowest BCUT2D eigenvalue weighted by Crippen LogP contribution is -2.25. The van der Waals surface area contributed by atoms with E-state index in [0.717, 1.165) is 18.8 Å². The lowest BCUT2D eigenvalue weighted by Gasteiger charge is -2.09. The molecule has 1 saturated carbocycles. The highest BCUT2D eigenvalue weighted by molar-refractivity contribution is 7.89. The van der Waals surface area contributed by atoms with Gasteiger partial charge in [0.25, 0.3) is 0 Å². The molecule has 0 bridgehead atoms. The largest absolute Gasteiger partial charge is 0.230 e. The van der Waals surface area contributed by atoms with Crippen LogP contribution in [0.1, 0.15) is 52.4 Å². The molecule has 3 nitrogen and oxygen atoms in total. The zero-order chi connectivity index (χ0) is 11.3. The van der Waals surface area contributed by atoms with Crippen molar-refractivity contribution >= 4 is 10.0 Å². The molecule has 0 unspecified atom stereocenters. The normalized spacial score (nSPS) is 18.9. The van der Waals surface area contributed by atoms with Gasteiger partial charge in [-0.15, -0.1) is 4.72 Å². The fraction of sp³-hybridized carbons (Fsp3) is 1.00. The summed E-state index contributed by atoms with van der Waals surface area (Å²) in [6.07, 6.45) is 7.44. The van der Waals surface area contributed by atoms with Crippen molar-refractivity contribution in [1.82, 2.24) is 4.72 Å². The maximum atomic E-state index is 11.4. The summed E-state index contributed by atoms with van der Waals surface area (Å²) in [5.41, 5.74) is 0. The van der Waals surface area contributed by atoms with Gasteiger partial charge in [0.15, 0.2) is 0 Å². The molecule has 1 radical (unpaired) electrons. The summed E-state index contributed by atoms with van der Waals surface area (Å²) in [5, 5.41) is -0.371. The summed E-state index contributed by atoms with van der Waals surface area (Å²) in [7, 11) is -3.17. The fourth-order valence-electron chi connectivity index (χ4n) is 2.02. The molecule has 0 N–H and O–H groups in total.